The van der Waals surface area contributed by atoms with E-state index in [0.717, 1.165) is 5.75 Å². The van der Waals surface area contributed by atoms with Crippen molar-refractivity contribution in [2.45, 2.75) is 20.0 Å². The Morgan fingerprint density at radius 2 is 1.57 bits per heavy atom. The van der Waals surface area contributed by atoms with Crippen LogP contribution in [-0.4, -0.2) is 11.9 Å². The average Bonchev–Trinajstić information content (AvgIpc) is 2.43. The Morgan fingerprint density at radius 1 is 1.05 bits per heavy atom. The highest BCUT2D eigenvalue weighted by Crippen LogP contribution is 2.30. The highest BCUT2D eigenvalue weighted by atomic mass is 35.5. The zero-order valence-electron chi connectivity index (χ0n) is 11.7. The van der Waals surface area contributed by atoms with Gasteiger partial charge in [0.2, 0.25) is 0 Å². The minimum Gasteiger partial charge on any atom is -0.491 e. The molecule has 2 rings (SSSR count). The van der Waals surface area contributed by atoms with Crippen molar-refractivity contribution in [1.82, 2.24) is 0 Å². The lowest BCUT2D eigenvalue weighted by atomic mass is 10.0. The van der Waals surface area contributed by atoms with E-state index >= 15 is 0 Å². The maximum absolute atomic E-state index is 12.4. The van der Waals surface area contributed by atoms with E-state index in [-0.39, 0.29) is 27.6 Å². The maximum atomic E-state index is 12.4. The number of ether oxygens (including phenoxy) is 1. The summed E-state index contributed by atoms with van der Waals surface area (Å²) in [4.78, 5) is 12.4. The summed E-state index contributed by atoms with van der Waals surface area (Å²) in [7, 11) is 0. The van der Waals surface area contributed by atoms with Gasteiger partial charge in [0.05, 0.1) is 21.8 Å². The Balaban J connectivity index is 2.28. The third-order valence-corrected chi connectivity index (χ3v) is 3.45. The van der Waals surface area contributed by atoms with Crippen molar-refractivity contribution in [1.29, 1.82) is 0 Å². The standard InChI is InChI=1S/C16H15Cl2NO2/c1-9(2)21-12-5-3-10(4-6-12)16(20)11-7-13(17)15(19)14(18)8-11/h3-9H,19H2,1-2H3. The lowest BCUT2D eigenvalue weighted by molar-refractivity contribution is 0.103. The number of benzene rings is 2. The Kier molecular flexibility index (Phi) is 4.76. The zero-order valence-corrected chi connectivity index (χ0v) is 13.2. The lowest BCUT2D eigenvalue weighted by Crippen LogP contribution is -2.06. The van der Waals surface area contributed by atoms with E-state index in [9.17, 15) is 4.79 Å². The normalized spacial score (nSPS) is 10.7. The second kappa shape index (κ2) is 6.37. The molecule has 0 unspecified atom stereocenters. The lowest BCUT2D eigenvalue weighted by Gasteiger charge is -2.10. The van der Waals surface area contributed by atoms with Gasteiger partial charge >= 0.3 is 0 Å². The SMILES string of the molecule is CC(C)Oc1ccc(C(=O)c2cc(Cl)c(N)c(Cl)c2)cc1. The molecule has 0 atom stereocenters. The molecule has 2 aromatic carbocycles. The summed E-state index contributed by atoms with van der Waals surface area (Å²) in [6.45, 7) is 3.88. The van der Waals surface area contributed by atoms with Crippen LogP contribution in [0, 0.1) is 0 Å². The Hall–Kier alpha value is -1.71. The van der Waals surface area contributed by atoms with Crippen LogP contribution in [0.2, 0.25) is 10.0 Å². The number of nitrogens with two attached hydrogens (primary N) is 1. The fourth-order valence-corrected chi connectivity index (χ4v) is 2.33. The Labute approximate surface area is 133 Å². The molecule has 0 spiro atoms. The van der Waals surface area contributed by atoms with Gasteiger partial charge in [0, 0.05) is 11.1 Å². The van der Waals surface area contributed by atoms with Gasteiger partial charge < -0.3 is 10.5 Å². The van der Waals surface area contributed by atoms with Crippen molar-refractivity contribution in [3.8, 4) is 5.75 Å². The van der Waals surface area contributed by atoms with E-state index in [2.05, 4.69) is 0 Å². The van der Waals surface area contributed by atoms with Crippen LogP contribution in [0.3, 0.4) is 0 Å². The molecule has 0 saturated heterocycles. The largest absolute Gasteiger partial charge is 0.491 e. The van der Waals surface area contributed by atoms with E-state index in [0.29, 0.717) is 11.1 Å². The highest BCUT2D eigenvalue weighted by molar-refractivity contribution is 6.39. The highest BCUT2D eigenvalue weighted by Gasteiger charge is 2.13. The molecule has 5 heteroatoms. The maximum Gasteiger partial charge on any atom is 0.193 e. The monoisotopic (exact) mass is 323 g/mol. The molecule has 3 nitrogen and oxygen atoms in total. The van der Waals surface area contributed by atoms with Gasteiger partial charge in [-0.05, 0) is 50.2 Å². The molecular formula is C16H15Cl2NO2. The third kappa shape index (κ3) is 3.69. The quantitative estimate of drug-likeness (QED) is 0.661. The van der Waals surface area contributed by atoms with Gasteiger partial charge in [-0.3, -0.25) is 4.79 Å². The van der Waals surface area contributed by atoms with Crippen molar-refractivity contribution >= 4 is 34.7 Å². The summed E-state index contributed by atoms with van der Waals surface area (Å²) < 4.78 is 5.54. The molecule has 0 radical (unpaired) electrons. The number of hydrogen-bond acceptors (Lipinski definition) is 3. The molecule has 0 bridgehead atoms. The number of ketones is 1. The number of rotatable bonds is 4. The second-order valence-electron chi connectivity index (χ2n) is 4.87. The number of carbonyl (C=O) groups is 1. The van der Waals surface area contributed by atoms with E-state index in [1.165, 1.54) is 12.1 Å². The van der Waals surface area contributed by atoms with Crippen LogP contribution in [0.15, 0.2) is 36.4 Å². The summed E-state index contributed by atoms with van der Waals surface area (Å²) in [5, 5.41) is 0.538. The van der Waals surface area contributed by atoms with Crippen LogP contribution in [0.5, 0.6) is 5.75 Å². The minimum absolute atomic E-state index is 0.0845. The summed E-state index contributed by atoms with van der Waals surface area (Å²) in [6.07, 6.45) is 0.0845. The molecule has 0 heterocycles. The molecule has 21 heavy (non-hydrogen) atoms. The number of hydrogen-bond donors (Lipinski definition) is 1. The summed E-state index contributed by atoms with van der Waals surface area (Å²) in [5.41, 5.74) is 6.87. The van der Waals surface area contributed by atoms with E-state index in [4.69, 9.17) is 33.7 Å². The molecule has 0 aromatic heterocycles. The van der Waals surface area contributed by atoms with Crippen LogP contribution in [-0.2, 0) is 0 Å². The first-order chi connectivity index (χ1) is 9.88. The van der Waals surface area contributed by atoms with Gasteiger partial charge in [-0.25, -0.2) is 0 Å². The summed E-state index contributed by atoms with van der Waals surface area (Å²) in [5.74, 6) is 0.546. The van der Waals surface area contributed by atoms with Gasteiger partial charge in [-0.1, -0.05) is 23.2 Å². The average molecular weight is 324 g/mol. The van der Waals surface area contributed by atoms with Gasteiger partial charge in [0.15, 0.2) is 5.78 Å². The first kappa shape index (κ1) is 15.7. The summed E-state index contributed by atoms with van der Waals surface area (Å²) >= 11 is 11.9. The molecule has 2 aromatic rings. The predicted molar refractivity (Wildman–Crippen MR) is 86.5 cm³/mol. The molecule has 2 N–H and O–H groups in total. The van der Waals surface area contributed by atoms with Crippen LogP contribution < -0.4 is 10.5 Å². The van der Waals surface area contributed by atoms with Crippen molar-refractivity contribution in [2.75, 3.05) is 5.73 Å². The molecule has 0 aliphatic rings. The molecule has 0 fully saturated rings. The number of anilines is 1. The van der Waals surface area contributed by atoms with Crippen LogP contribution in [0.4, 0.5) is 5.69 Å². The molecule has 0 aliphatic carbocycles. The minimum atomic E-state index is -0.171. The van der Waals surface area contributed by atoms with Gasteiger partial charge in [-0.15, -0.1) is 0 Å². The van der Waals surface area contributed by atoms with Crippen LogP contribution in [0.25, 0.3) is 0 Å². The number of nitrogen functional groups attached to an aromatic ring is 1. The van der Waals surface area contributed by atoms with Crippen LogP contribution in [0.1, 0.15) is 29.8 Å². The topological polar surface area (TPSA) is 52.3 Å². The fraction of sp³-hybridized carbons (Fsp3) is 0.188. The van der Waals surface area contributed by atoms with E-state index < -0.39 is 0 Å². The third-order valence-electron chi connectivity index (χ3n) is 2.83. The molecule has 110 valence electrons. The van der Waals surface area contributed by atoms with Crippen molar-refractivity contribution in [3.05, 3.63) is 57.6 Å². The zero-order chi connectivity index (χ0) is 15.6. The predicted octanol–water partition coefficient (Wildman–Crippen LogP) is 4.59. The van der Waals surface area contributed by atoms with Gasteiger partial charge in [0.1, 0.15) is 5.75 Å². The van der Waals surface area contributed by atoms with E-state index in [1.54, 1.807) is 24.3 Å². The first-order valence-corrected chi connectivity index (χ1v) is 7.20. The van der Waals surface area contributed by atoms with Crippen LogP contribution >= 0.6 is 23.2 Å². The molecule has 0 saturated carbocycles. The smallest absolute Gasteiger partial charge is 0.193 e. The van der Waals surface area contributed by atoms with Gasteiger partial charge in [-0.2, -0.15) is 0 Å². The van der Waals surface area contributed by atoms with Crippen molar-refractivity contribution < 1.29 is 9.53 Å². The number of carbonyl (C=O) groups excluding carboxylic acids is 1. The molecule has 0 aliphatic heterocycles. The second-order valence-corrected chi connectivity index (χ2v) is 5.69. The fourth-order valence-electron chi connectivity index (χ4n) is 1.84. The Morgan fingerprint density at radius 3 is 2.05 bits per heavy atom. The van der Waals surface area contributed by atoms with Crippen molar-refractivity contribution in [2.24, 2.45) is 0 Å². The van der Waals surface area contributed by atoms with Crippen molar-refractivity contribution in [3.63, 3.8) is 0 Å². The number of halogens is 2. The van der Waals surface area contributed by atoms with Gasteiger partial charge in [0.25, 0.3) is 0 Å². The van der Waals surface area contributed by atoms with E-state index in [1.807, 2.05) is 13.8 Å². The summed E-state index contributed by atoms with van der Waals surface area (Å²) in [6, 6.07) is 9.96. The molecular weight excluding hydrogens is 309 g/mol. The first-order valence-electron chi connectivity index (χ1n) is 6.44. The Bertz CT molecular complexity index is 643. The molecule has 0 amide bonds.